The van der Waals surface area contributed by atoms with Gasteiger partial charge in [0.1, 0.15) is 0 Å². The van der Waals surface area contributed by atoms with Gasteiger partial charge in [-0.15, -0.1) is 0 Å². The molecular weight excluding hydrogens is 402 g/mol. The van der Waals surface area contributed by atoms with Crippen LogP contribution in [-0.4, -0.2) is 69.5 Å². The first-order chi connectivity index (χ1) is 14.4. The molecule has 0 unspecified atom stereocenters. The van der Waals surface area contributed by atoms with Gasteiger partial charge in [-0.25, -0.2) is 8.42 Å². The molecule has 0 saturated carbocycles. The molecule has 1 aliphatic heterocycles. The van der Waals surface area contributed by atoms with Gasteiger partial charge >= 0.3 is 0 Å². The maximum absolute atomic E-state index is 13.2. The lowest BCUT2D eigenvalue weighted by atomic mass is 10.1. The molecule has 1 fully saturated rings. The number of hydrogen-bond donors (Lipinski definition) is 1. The average Bonchev–Trinajstić information content (AvgIpc) is 2.76. The lowest BCUT2D eigenvalue weighted by Gasteiger charge is -2.27. The predicted molar refractivity (Wildman–Crippen MR) is 115 cm³/mol. The number of amides is 1. The van der Waals surface area contributed by atoms with Gasteiger partial charge < -0.3 is 10.1 Å². The quantitative estimate of drug-likeness (QED) is 0.653. The van der Waals surface area contributed by atoms with Crippen molar-refractivity contribution in [3.63, 3.8) is 0 Å². The number of aryl methyl sites for hydroxylation is 1. The van der Waals surface area contributed by atoms with Gasteiger partial charge in [0.15, 0.2) is 0 Å². The molecule has 0 atom stereocenters. The summed E-state index contributed by atoms with van der Waals surface area (Å²) in [7, 11) is -3.80. The van der Waals surface area contributed by atoms with E-state index in [1.165, 1.54) is 4.31 Å². The third-order valence-corrected chi connectivity index (χ3v) is 6.84. The molecule has 0 aromatic heterocycles. The predicted octanol–water partition coefficient (Wildman–Crippen LogP) is 1.63. The van der Waals surface area contributed by atoms with E-state index in [-0.39, 0.29) is 23.9 Å². The van der Waals surface area contributed by atoms with E-state index in [0.717, 1.165) is 30.8 Å². The second-order valence-corrected chi connectivity index (χ2v) is 9.31. The fraction of sp³-hybridized carbons (Fsp3) is 0.409. The molecule has 0 radical (unpaired) electrons. The van der Waals surface area contributed by atoms with Crippen molar-refractivity contribution in [3.8, 4) is 0 Å². The van der Waals surface area contributed by atoms with E-state index < -0.39 is 10.0 Å². The normalized spacial score (nSPS) is 15.3. The second kappa shape index (κ2) is 10.7. The van der Waals surface area contributed by atoms with Gasteiger partial charge in [0.2, 0.25) is 15.9 Å². The number of morpholine rings is 1. The van der Waals surface area contributed by atoms with Gasteiger partial charge in [-0.1, -0.05) is 48.0 Å². The van der Waals surface area contributed by atoms with Crippen LogP contribution in [0.2, 0.25) is 0 Å². The second-order valence-electron chi connectivity index (χ2n) is 7.38. The molecule has 0 aliphatic carbocycles. The molecule has 7 nitrogen and oxygen atoms in total. The Morgan fingerprint density at radius 1 is 1.07 bits per heavy atom. The Hall–Kier alpha value is -2.26. The number of hydrogen-bond acceptors (Lipinski definition) is 5. The third-order valence-electron chi connectivity index (χ3n) is 5.03. The molecule has 162 valence electrons. The van der Waals surface area contributed by atoms with Crippen molar-refractivity contribution < 1.29 is 17.9 Å². The van der Waals surface area contributed by atoms with E-state index >= 15 is 0 Å². The Morgan fingerprint density at radius 2 is 1.73 bits per heavy atom. The van der Waals surface area contributed by atoms with E-state index in [1.54, 1.807) is 30.3 Å². The zero-order chi connectivity index (χ0) is 21.4. The lowest BCUT2D eigenvalue weighted by molar-refractivity contribution is -0.121. The van der Waals surface area contributed by atoms with Crippen LogP contribution in [-0.2, 0) is 26.1 Å². The van der Waals surface area contributed by atoms with E-state index in [9.17, 15) is 13.2 Å². The average molecular weight is 432 g/mol. The topological polar surface area (TPSA) is 79.0 Å². The van der Waals surface area contributed by atoms with E-state index in [1.807, 2.05) is 31.2 Å². The monoisotopic (exact) mass is 431 g/mol. The Labute approximate surface area is 178 Å². The summed E-state index contributed by atoms with van der Waals surface area (Å²) in [6.07, 6.45) is 0. The summed E-state index contributed by atoms with van der Waals surface area (Å²) in [4.78, 5) is 15.0. The molecule has 2 aromatic carbocycles. The van der Waals surface area contributed by atoms with Gasteiger partial charge in [0.25, 0.3) is 0 Å². The van der Waals surface area contributed by atoms with E-state index in [4.69, 9.17) is 4.74 Å². The molecular formula is C22H29N3O4S. The first-order valence-electron chi connectivity index (χ1n) is 10.1. The summed E-state index contributed by atoms with van der Waals surface area (Å²) in [5.41, 5.74) is 1.93. The molecule has 1 heterocycles. The van der Waals surface area contributed by atoms with Crippen LogP contribution in [0.5, 0.6) is 0 Å². The minimum Gasteiger partial charge on any atom is -0.379 e. The molecule has 8 heteroatoms. The maximum atomic E-state index is 13.2. The van der Waals surface area contributed by atoms with E-state index in [2.05, 4.69) is 10.2 Å². The van der Waals surface area contributed by atoms with Crippen LogP contribution in [0, 0.1) is 6.92 Å². The zero-order valence-corrected chi connectivity index (χ0v) is 18.1. The number of ether oxygens (including phenoxy) is 1. The summed E-state index contributed by atoms with van der Waals surface area (Å²) in [6, 6.07) is 15.9. The summed E-state index contributed by atoms with van der Waals surface area (Å²) in [6.45, 7) is 6.17. The molecule has 3 rings (SSSR count). The van der Waals surface area contributed by atoms with Crippen molar-refractivity contribution in [1.82, 2.24) is 14.5 Å². The third kappa shape index (κ3) is 6.37. The zero-order valence-electron chi connectivity index (χ0n) is 17.3. The van der Waals surface area contributed by atoms with Gasteiger partial charge in [0.05, 0.1) is 24.7 Å². The highest BCUT2D eigenvalue weighted by Crippen LogP contribution is 2.18. The van der Waals surface area contributed by atoms with Crippen LogP contribution >= 0.6 is 0 Å². The van der Waals surface area contributed by atoms with Crippen LogP contribution in [0.15, 0.2) is 59.5 Å². The van der Waals surface area contributed by atoms with Gasteiger partial charge in [-0.3, -0.25) is 9.69 Å². The van der Waals surface area contributed by atoms with Crippen molar-refractivity contribution in [3.05, 3.63) is 65.7 Å². The van der Waals surface area contributed by atoms with Crippen LogP contribution in [0.4, 0.5) is 0 Å². The molecule has 1 amide bonds. The summed E-state index contributed by atoms with van der Waals surface area (Å²) in [5.74, 6) is -0.310. The van der Waals surface area contributed by atoms with Crippen molar-refractivity contribution in [2.75, 3.05) is 45.9 Å². The number of carbonyl (C=O) groups is 1. The van der Waals surface area contributed by atoms with Crippen LogP contribution in [0.25, 0.3) is 0 Å². The van der Waals surface area contributed by atoms with Gasteiger partial charge in [-0.2, -0.15) is 4.31 Å². The van der Waals surface area contributed by atoms with Crippen molar-refractivity contribution in [1.29, 1.82) is 0 Å². The SMILES string of the molecule is Cc1ccc(CN(CC(=O)NCCN2CCOCC2)S(=O)(=O)c2ccccc2)cc1. The highest BCUT2D eigenvalue weighted by molar-refractivity contribution is 7.89. The Kier molecular flexibility index (Phi) is 7.98. The smallest absolute Gasteiger partial charge is 0.243 e. The number of sulfonamides is 1. The fourth-order valence-corrected chi connectivity index (χ4v) is 4.66. The first-order valence-corrected chi connectivity index (χ1v) is 11.6. The molecule has 30 heavy (non-hydrogen) atoms. The largest absolute Gasteiger partial charge is 0.379 e. The number of benzene rings is 2. The standard InChI is InChI=1S/C22H29N3O4S/c1-19-7-9-20(10-8-19)17-25(30(27,28)21-5-3-2-4-6-21)18-22(26)23-11-12-24-13-15-29-16-14-24/h2-10H,11-18H2,1H3,(H,23,26). The highest BCUT2D eigenvalue weighted by Gasteiger charge is 2.26. The summed E-state index contributed by atoms with van der Waals surface area (Å²) >= 11 is 0. The van der Waals surface area contributed by atoms with Crippen molar-refractivity contribution in [2.45, 2.75) is 18.4 Å². The summed E-state index contributed by atoms with van der Waals surface area (Å²) in [5, 5.41) is 2.85. The Balaban J connectivity index is 1.67. The molecule has 1 saturated heterocycles. The molecule has 1 N–H and O–H groups in total. The van der Waals surface area contributed by atoms with Gasteiger partial charge in [0, 0.05) is 32.7 Å². The number of carbonyl (C=O) groups excluding carboxylic acids is 1. The molecule has 0 bridgehead atoms. The molecule has 1 aliphatic rings. The van der Waals surface area contributed by atoms with Crippen molar-refractivity contribution in [2.24, 2.45) is 0 Å². The summed E-state index contributed by atoms with van der Waals surface area (Å²) < 4.78 is 32.9. The van der Waals surface area contributed by atoms with Crippen LogP contribution in [0.1, 0.15) is 11.1 Å². The maximum Gasteiger partial charge on any atom is 0.243 e. The molecule has 0 spiro atoms. The van der Waals surface area contributed by atoms with Gasteiger partial charge in [-0.05, 0) is 24.6 Å². The highest BCUT2D eigenvalue weighted by atomic mass is 32.2. The first kappa shape index (κ1) is 22.4. The van der Waals surface area contributed by atoms with Crippen LogP contribution in [0.3, 0.4) is 0 Å². The number of nitrogens with one attached hydrogen (secondary N) is 1. The van der Waals surface area contributed by atoms with E-state index in [0.29, 0.717) is 19.8 Å². The number of nitrogens with zero attached hydrogens (tertiary/aromatic N) is 2. The molecule has 2 aromatic rings. The Bertz CT molecular complexity index is 911. The minimum atomic E-state index is -3.80. The van der Waals surface area contributed by atoms with Crippen molar-refractivity contribution >= 4 is 15.9 Å². The lowest BCUT2D eigenvalue weighted by Crippen LogP contribution is -2.44. The Morgan fingerprint density at radius 3 is 2.40 bits per heavy atom. The fourth-order valence-electron chi connectivity index (χ4n) is 3.26. The number of rotatable bonds is 9. The minimum absolute atomic E-state index is 0.133. The van der Waals surface area contributed by atoms with Crippen LogP contribution < -0.4 is 5.32 Å².